The van der Waals surface area contributed by atoms with Gasteiger partial charge in [0.15, 0.2) is 5.78 Å². The molecule has 0 saturated carbocycles. The van der Waals surface area contributed by atoms with Crippen LogP contribution >= 0.6 is 23.2 Å². The molecule has 108 valence electrons. The third-order valence-corrected chi connectivity index (χ3v) is 4.50. The average molecular weight is 320 g/mol. The molecule has 2 aromatic carbocycles. The van der Waals surface area contributed by atoms with E-state index in [-0.39, 0.29) is 12.2 Å². The van der Waals surface area contributed by atoms with Crippen molar-refractivity contribution in [3.05, 3.63) is 63.1 Å². The molecule has 0 fully saturated rings. The zero-order chi connectivity index (χ0) is 14.8. The normalized spacial score (nSPS) is 13.4. The zero-order valence-corrected chi connectivity index (χ0v) is 13.0. The summed E-state index contributed by atoms with van der Waals surface area (Å²) in [7, 11) is 0. The van der Waals surface area contributed by atoms with Gasteiger partial charge >= 0.3 is 0 Å². The highest BCUT2D eigenvalue weighted by Gasteiger charge is 2.19. The van der Waals surface area contributed by atoms with Crippen molar-refractivity contribution in [3.8, 4) is 0 Å². The number of Topliss-reactive ketones (excluding diaryl/α,β-unsaturated/α-hetero) is 1. The van der Waals surface area contributed by atoms with Gasteiger partial charge < -0.3 is 5.32 Å². The molecule has 2 aromatic rings. The van der Waals surface area contributed by atoms with E-state index in [0.717, 1.165) is 36.2 Å². The van der Waals surface area contributed by atoms with E-state index in [4.69, 9.17) is 23.2 Å². The van der Waals surface area contributed by atoms with Gasteiger partial charge in [-0.25, -0.2) is 0 Å². The number of ketones is 1. The van der Waals surface area contributed by atoms with E-state index in [2.05, 4.69) is 5.32 Å². The van der Waals surface area contributed by atoms with Crippen molar-refractivity contribution in [1.29, 1.82) is 0 Å². The predicted molar refractivity (Wildman–Crippen MR) is 87.7 cm³/mol. The largest absolute Gasteiger partial charge is 0.385 e. The topological polar surface area (TPSA) is 29.1 Å². The summed E-state index contributed by atoms with van der Waals surface area (Å²) in [5.74, 6) is 0.0607. The van der Waals surface area contributed by atoms with Crippen molar-refractivity contribution in [3.63, 3.8) is 0 Å². The van der Waals surface area contributed by atoms with Gasteiger partial charge in [-0.05, 0) is 42.2 Å². The molecule has 0 bridgehead atoms. The third kappa shape index (κ3) is 2.92. The lowest BCUT2D eigenvalue weighted by Crippen LogP contribution is -2.16. The summed E-state index contributed by atoms with van der Waals surface area (Å²) in [6.45, 7) is 0.959. The van der Waals surface area contributed by atoms with E-state index >= 15 is 0 Å². The summed E-state index contributed by atoms with van der Waals surface area (Å²) in [5.41, 5.74) is 3.65. The molecule has 1 aliphatic rings. The smallest absolute Gasteiger partial charge is 0.167 e. The molecule has 0 radical (unpaired) electrons. The molecular weight excluding hydrogens is 305 g/mol. The first-order valence-corrected chi connectivity index (χ1v) is 7.74. The summed E-state index contributed by atoms with van der Waals surface area (Å²) in [5, 5.41) is 4.42. The standard InChI is InChI=1S/C17H15Cl2NO/c18-14-6-2-7-15(19)13(14)10-17(21)12-4-1-8-16-11(12)5-3-9-20-16/h1-2,4,6-8,20H,3,5,9-10H2. The van der Waals surface area contributed by atoms with Gasteiger partial charge in [-0.2, -0.15) is 0 Å². The predicted octanol–water partition coefficient (Wildman–Crippen LogP) is 4.78. The molecule has 1 aliphatic heterocycles. The quantitative estimate of drug-likeness (QED) is 0.825. The van der Waals surface area contributed by atoms with Gasteiger partial charge in [0.25, 0.3) is 0 Å². The van der Waals surface area contributed by atoms with Gasteiger partial charge in [0.2, 0.25) is 0 Å². The summed E-state index contributed by atoms with van der Waals surface area (Å²) < 4.78 is 0. The number of anilines is 1. The molecule has 21 heavy (non-hydrogen) atoms. The van der Waals surface area contributed by atoms with Crippen LogP contribution < -0.4 is 5.32 Å². The molecule has 1 heterocycles. The van der Waals surface area contributed by atoms with Crippen LogP contribution in [0.15, 0.2) is 36.4 Å². The summed E-state index contributed by atoms with van der Waals surface area (Å²) >= 11 is 12.3. The monoisotopic (exact) mass is 319 g/mol. The van der Waals surface area contributed by atoms with Crippen LogP contribution in [-0.2, 0) is 12.8 Å². The molecule has 4 heteroatoms. The van der Waals surface area contributed by atoms with Crippen molar-refractivity contribution in [2.75, 3.05) is 11.9 Å². The van der Waals surface area contributed by atoms with Crippen LogP contribution in [-0.4, -0.2) is 12.3 Å². The molecule has 0 atom stereocenters. The van der Waals surface area contributed by atoms with Crippen molar-refractivity contribution in [1.82, 2.24) is 0 Å². The van der Waals surface area contributed by atoms with E-state index in [1.165, 1.54) is 0 Å². The Morgan fingerprint density at radius 1 is 1.10 bits per heavy atom. The molecule has 2 nitrogen and oxygen atoms in total. The van der Waals surface area contributed by atoms with Crippen LogP contribution in [0.5, 0.6) is 0 Å². The van der Waals surface area contributed by atoms with Crippen LogP contribution in [0, 0.1) is 0 Å². The lowest BCUT2D eigenvalue weighted by molar-refractivity contribution is 0.0992. The van der Waals surface area contributed by atoms with Crippen molar-refractivity contribution in [2.24, 2.45) is 0 Å². The molecule has 0 spiro atoms. The maximum atomic E-state index is 12.6. The lowest BCUT2D eigenvalue weighted by atomic mass is 9.93. The Labute approximate surface area is 134 Å². The summed E-state index contributed by atoms with van der Waals surface area (Å²) in [6.07, 6.45) is 2.21. The Hall–Kier alpha value is -1.51. The minimum absolute atomic E-state index is 0.0607. The number of hydrogen-bond donors (Lipinski definition) is 1. The molecule has 0 saturated heterocycles. The van der Waals surface area contributed by atoms with Crippen LogP contribution in [0.1, 0.15) is 27.9 Å². The molecule has 0 aromatic heterocycles. The Balaban J connectivity index is 1.93. The minimum atomic E-state index is 0.0607. The first-order chi connectivity index (χ1) is 10.2. The van der Waals surface area contributed by atoms with Crippen LogP contribution in [0.2, 0.25) is 10.0 Å². The molecule has 1 N–H and O–H groups in total. The zero-order valence-electron chi connectivity index (χ0n) is 11.5. The molecular formula is C17H15Cl2NO. The third-order valence-electron chi connectivity index (χ3n) is 3.79. The second kappa shape index (κ2) is 6.08. The number of halogens is 2. The fraction of sp³-hybridized carbons (Fsp3) is 0.235. The molecule has 0 amide bonds. The van der Waals surface area contributed by atoms with Gasteiger partial charge in [-0.15, -0.1) is 0 Å². The highest BCUT2D eigenvalue weighted by Crippen LogP contribution is 2.29. The Morgan fingerprint density at radius 2 is 1.81 bits per heavy atom. The van der Waals surface area contributed by atoms with Gasteiger partial charge in [0.05, 0.1) is 0 Å². The number of carbonyl (C=O) groups is 1. The second-order valence-corrected chi connectivity index (χ2v) is 5.98. The number of hydrogen-bond acceptors (Lipinski definition) is 2. The van der Waals surface area contributed by atoms with Gasteiger partial charge in [0.1, 0.15) is 0 Å². The SMILES string of the molecule is O=C(Cc1c(Cl)cccc1Cl)c1cccc2c1CCCN2. The van der Waals surface area contributed by atoms with Crippen molar-refractivity contribution >= 4 is 34.7 Å². The van der Waals surface area contributed by atoms with E-state index in [0.29, 0.717) is 15.6 Å². The Morgan fingerprint density at radius 3 is 2.57 bits per heavy atom. The second-order valence-electron chi connectivity index (χ2n) is 5.16. The van der Waals surface area contributed by atoms with Crippen LogP contribution in [0.25, 0.3) is 0 Å². The highest BCUT2D eigenvalue weighted by atomic mass is 35.5. The van der Waals surface area contributed by atoms with E-state index in [1.807, 2.05) is 18.2 Å². The molecule has 3 rings (SSSR count). The number of fused-ring (bicyclic) bond motifs is 1. The van der Waals surface area contributed by atoms with Crippen LogP contribution in [0.3, 0.4) is 0 Å². The first kappa shape index (κ1) is 14.4. The number of benzene rings is 2. The summed E-state index contributed by atoms with van der Waals surface area (Å²) in [4.78, 5) is 12.6. The number of nitrogens with one attached hydrogen (secondary N) is 1. The number of rotatable bonds is 3. The van der Waals surface area contributed by atoms with Crippen molar-refractivity contribution in [2.45, 2.75) is 19.3 Å². The van der Waals surface area contributed by atoms with E-state index < -0.39 is 0 Å². The average Bonchev–Trinajstić information content (AvgIpc) is 2.50. The molecule has 0 aliphatic carbocycles. The number of carbonyl (C=O) groups excluding carboxylic acids is 1. The van der Waals surface area contributed by atoms with Crippen LogP contribution in [0.4, 0.5) is 5.69 Å². The molecule has 0 unspecified atom stereocenters. The maximum Gasteiger partial charge on any atom is 0.167 e. The first-order valence-electron chi connectivity index (χ1n) is 6.98. The van der Waals surface area contributed by atoms with Crippen molar-refractivity contribution < 1.29 is 4.79 Å². The fourth-order valence-electron chi connectivity index (χ4n) is 2.73. The van der Waals surface area contributed by atoms with Gasteiger partial charge in [-0.1, -0.05) is 41.4 Å². The van der Waals surface area contributed by atoms with E-state index in [9.17, 15) is 4.79 Å². The summed E-state index contributed by atoms with van der Waals surface area (Å²) in [6, 6.07) is 11.1. The fourth-order valence-corrected chi connectivity index (χ4v) is 3.26. The highest BCUT2D eigenvalue weighted by molar-refractivity contribution is 6.36. The van der Waals surface area contributed by atoms with Gasteiger partial charge in [0, 0.05) is 34.3 Å². The lowest BCUT2D eigenvalue weighted by Gasteiger charge is -2.20. The van der Waals surface area contributed by atoms with E-state index in [1.54, 1.807) is 18.2 Å². The maximum absolute atomic E-state index is 12.6. The Bertz CT molecular complexity index is 677. The van der Waals surface area contributed by atoms with Gasteiger partial charge in [-0.3, -0.25) is 4.79 Å². The Kier molecular flexibility index (Phi) is 4.18. The minimum Gasteiger partial charge on any atom is -0.385 e.